The first-order valence-corrected chi connectivity index (χ1v) is 11.0. The van der Waals surface area contributed by atoms with Crippen LogP contribution in [0.4, 0.5) is 31.8 Å². The summed E-state index contributed by atoms with van der Waals surface area (Å²) in [4.78, 5) is 21.6. The quantitative estimate of drug-likeness (QED) is 0.517. The molecule has 1 atom stereocenters. The fraction of sp³-hybridized carbons (Fsp3) is 0.250. The lowest BCUT2D eigenvalue weighted by Gasteiger charge is -2.31. The molecule has 172 valence electrons. The van der Waals surface area contributed by atoms with Gasteiger partial charge in [-0.3, -0.25) is 4.79 Å². The molecular weight excluding hydrogens is 446 g/mol. The largest absolute Gasteiger partial charge is 0.378 e. The number of carbonyl (C=O) groups is 1. The maximum absolute atomic E-state index is 13.3. The van der Waals surface area contributed by atoms with Gasteiger partial charge in [-0.25, -0.2) is 13.8 Å². The van der Waals surface area contributed by atoms with Gasteiger partial charge in [0.15, 0.2) is 5.82 Å². The summed E-state index contributed by atoms with van der Waals surface area (Å²) >= 11 is 4.42. The SMILES string of the molecule is CN(c1ccc(F)cc1)c1ccc(NC(=O)C(S)c2ccc(F)cc2)c(N2CCOCC2)n1. The van der Waals surface area contributed by atoms with Crippen molar-refractivity contribution in [2.45, 2.75) is 5.25 Å². The van der Waals surface area contributed by atoms with E-state index >= 15 is 0 Å². The fourth-order valence-electron chi connectivity index (χ4n) is 3.53. The number of ether oxygens (including phenoxy) is 1. The summed E-state index contributed by atoms with van der Waals surface area (Å²) in [6, 6.07) is 15.4. The van der Waals surface area contributed by atoms with Crippen molar-refractivity contribution in [3.05, 3.63) is 77.9 Å². The van der Waals surface area contributed by atoms with E-state index in [1.54, 1.807) is 24.3 Å². The molecule has 2 aromatic carbocycles. The maximum Gasteiger partial charge on any atom is 0.241 e. The van der Waals surface area contributed by atoms with Crippen LogP contribution >= 0.6 is 12.6 Å². The Labute approximate surface area is 196 Å². The highest BCUT2D eigenvalue weighted by Crippen LogP contribution is 2.32. The fourth-order valence-corrected chi connectivity index (χ4v) is 3.77. The molecule has 1 fully saturated rings. The molecule has 0 spiro atoms. The van der Waals surface area contributed by atoms with E-state index in [9.17, 15) is 13.6 Å². The van der Waals surface area contributed by atoms with Gasteiger partial charge in [0.1, 0.15) is 22.7 Å². The van der Waals surface area contributed by atoms with Crippen LogP contribution < -0.4 is 15.1 Å². The van der Waals surface area contributed by atoms with Crippen LogP contribution in [0.5, 0.6) is 0 Å². The van der Waals surface area contributed by atoms with Gasteiger partial charge in [0.2, 0.25) is 5.91 Å². The van der Waals surface area contributed by atoms with Crippen molar-refractivity contribution >= 4 is 41.5 Å². The van der Waals surface area contributed by atoms with E-state index in [1.807, 2.05) is 16.8 Å². The molecule has 4 rings (SSSR count). The highest BCUT2D eigenvalue weighted by atomic mass is 32.1. The van der Waals surface area contributed by atoms with Crippen molar-refractivity contribution in [3.63, 3.8) is 0 Å². The van der Waals surface area contributed by atoms with Crippen molar-refractivity contribution in [1.29, 1.82) is 0 Å². The number of benzene rings is 2. The summed E-state index contributed by atoms with van der Waals surface area (Å²) in [5, 5.41) is 2.14. The van der Waals surface area contributed by atoms with E-state index in [4.69, 9.17) is 9.72 Å². The van der Waals surface area contributed by atoms with Crippen LogP contribution in [-0.4, -0.2) is 44.2 Å². The van der Waals surface area contributed by atoms with Gasteiger partial charge in [-0.2, -0.15) is 12.6 Å². The number of thiol groups is 1. The highest BCUT2D eigenvalue weighted by Gasteiger charge is 2.22. The zero-order chi connectivity index (χ0) is 23.4. The topological polar surface area (TPSA) is 57.7 Å². The third-order valence-corrected chi connectivity index (χ3v) is 5.95. The summed E-state index contributed by atoms with van der Waals surface area (Å²) in [5.41, 5.74) is 1.91. The normalized spacial score (nSPS) is 14.6. The molecule has 0 aliphatic carbocycles. The van der Waals surface area contributed by atoms with Gasteiger partial charge < -0.3 is 19.9 Å². The van der Waals surface area contributed by atoms with Crippen molar-refractivity contribution in [2.24, 2.45) is 0 Å². The minimum absolute atomic E-state index is 0.311. The third-order valence-electron chi connectivity index (χ3n) is 5.42. The number of aromatic nitrogens is 1. The number of hydrogen-bond donors (Lipinski definition) is 2. The third kappa shape index (κ3) is 5.43. The molecule has 1 aliphatic rings. The van der Waals surface area contributed by atoms with Crippen LogP contribution in [0.2, 0.25) is 0 Å². The number of pyridine rings is 1. The van der Waals surface area contributed by atoms with Gasteiger partial charge in [0.05, 0.1) is 18.9 Å². The van der Waals surface area contributed by atoms with Crippen molar-refractivity contribution in [1.82, 2.24) is 4.98 Å². The lowest BCUT2D eigenvalue weighted by Crippen LogP contribution is -2.37. The first-order valence-electron chi connectivity index (χ1n) is 10.5. The summed E-state index contributed by atoms with van der Waals surface area (Å²) in [5.74, 6) is 0.217. The van der Waals surface area contributed by atoms with Gasteiger partial charge >= 0.3 is 0 Å². The average molecular weight is 471 g/mol. The van der Waals surface area contributed by atoms with Gasteiger partial charge in [-0.15, -0.1) is 0 Å². The second-order valence-corrected chi connectivity index (χ2v) is 8.14. The minimum atomic E-state index is -0.773. The molecule has 1 aliphatic heterocycles. The number of halogens is 2. The number of nitrogens with zero attached hydrogens (tertiary/aromatic N) is 3. The summed E-state index contributed by atoms with van der Waals surface area (Å²) in [6.07, 6.45) is 0. The molecule has 9 heteroatoms. The molecule has 0 radical (unpaired) electrons. The molecule has 0 bridgehead atoms. The number of carbonyl (C=O) groups excluding carboxylic acids is 1. The number of anilines is 4. The Balaban J connectivity index is 1.61. The molecule has 2 heterocycles. The Morgan fingerprint density at radius 3 is 2.27 bits per heavy atom. The van der Waals surface area contributed by atoms with Gasteiger partial charge in [-0.1, -0.05) is 12.1 Å². The summed E-state index contributed by atoms with van der Waals surface area (Å²) < 4.78 is 32.0. The Morgan fingerprint density at radius 2 is 1.64 bits per heavy atom. The average Bonchev–Trinajstić information content (AvgIpc) is 2.85. The lowest BCUT2D eigenvalue weighted by atomic mass is 10.1. The molecule has 33 heavy (non-hydrogen) atoms. The Kier molecular flexibility index (Phi) is 7.10. The number of hydrogen-bond acceptors (Lipinski definition) is 6. The van der Waals surface area contributed by atoms with Crippen LogP contribution in [0.15, 0.2) is 60.7 Å². The number of rotatable bonds is 6. The van der Waals surface area contributed by atoms with E-state index in [0.29, 0.717) is 49.2 Å². The molecule has 1 N–H and O–H groups in total. The molecule has 1 aromatic heterocycles. The zero-order valence-corrected chi connectivity index (χ0v) is 18.9. The first kappa shape index (κ1) is 23.0. The maximum atomic E-state index is 13.3. The van der Waals surface area contributed by atoms with Gasteiger partial charge in [0.25, 0.3) is 0 Å². The zero-order valence-electron chi connectivity index (χ0n) is 18.0. The van der Waals surface area contributed by atoms with E-state index in [0.717, 1.165) is 5.69 Å². The van der Waals surface area contributed by atoms with Crippen LogP contribution in [0.25, 0.3) is 0 Å². The van der Waals surface area contributed by atoms with Crippen molar-refractivity contribution in [3.8, 4) is 0 Å². The van der Waals surface area contributed by atoms with E-state index in [2.05, 4.69) is 17.9 Å². The molecule has 3 aromatic rings. The molecule has 1 unspecified atom stereocenters. The standard InChI is InChI=1S/C24H24F2N4O2S/c1-29(19-8-6-18(26)7-9-19)21-11-10-20(23(28-21)30-12-14-32-15-13-30)27-24(31)22(33)16-2-4-17(25)5-3-16/h2-11,22,33H,12-15H2,1H3,(H,27,31). The number of nitrogens with one attached hydrogen (secondary N) is 1. The van der Waals surface area contributed by atoms with Gasteiger partial charge in [-0.05, 0) is 54.1 Å². The number of amides is 1. The molecule has 0 saturated carbocycles. The monoisotopic (exact) mass is 470 g/mol. The van der Waals surface area contributed by atoms with Crippen LogP contribution in [0.1, 0.15) is 10.8 Å². The Hall–Kier alpha value is -3.17. The second kappa shape index (κ2) is 10.2. The van der Waals surface area contributed by atoms with Gasteiger partial charge in [0, 0.05) is 25.8 Å². The highest BCUT2D eigenvalue weighted by molar-refractivity contribution is 7.81. The van der Waals surface area contributed by atoms with Crippen molar-refractivity contribution < 1.29 is 18.3 Å². The Morgan fingerprint density at radius 1 is 1.03 bits per heavy atom. The van der Waals surface area contributed by atoms with E-state index < -0.39 is 5.25 Å². The van der Waals surface area contributed by atoms with Crippen LogP contribution in [0.3, 0.4) is 0 Å². The smallest absolute Gasteiger partial charge is 0.241 e. The van der Waals surface area contributed by atoms with Crippen LogP contribution in [0, 0.1) is 11.6 Å². The van der Waals surface area contributed by atoms with Crippen molar-refractivity contribution in [2.75, 3.05) is 48.5 Å². The Bertz CT molecular complexity index is 1110. The molecule has 1 saturated heterocycles. The van der Waals surface area contributed by atoms with E-state index in [-0.39, 0.29) is 17.5 Å². The second-order valence-electron chi connectivity index (χ2n) is 7.62. The van der Waals surface area contributed by atoms with E-state index in [1.165, 1.54) is 36.4 Å². The van der Waals surface area contributed by atoms with Crippen LogP contribution in [-0.2, 0) is 9.53 Å². The summed E-state index contributed by atoms with van der Waals surface area (Å²) in [7, 11) is 1.84. The first-order chi connectivity index (χ1) is 15.9. The summed E-state index contributed by atoms with van der Waals surface area (Å²) in [6.45, 7) is 2.36. The lowest BCUT2D eigenvalue weighted by molar-refractivity contribution is -0.115. The number of morpholine rings is 1. The predicted octanol–water partition coefficient (Wildman–Crippen LogP) is 4.57. The molecular formula is C24H24F2N4O2S. The molecule has 1 amide bonds. The minimum Gasteiger partial charge on any atom is -0.378 e. The predicted molar refractivity (Wildman–Crippen MR) is 128 cm³/mol. The molecule has 6 nitrogen and oxygen atoms in total.